The molecule has 0 aromatic heterocycles. The van der Waals surface area contributed by atoms with Crippen LogP contribution in [0.3, 0.4) is 0 Å². The normalized spacial score (nSPS) is 12.4. The van der Waals surface area contributed by atoms with Crippen LogP contribution in [0.1, 0.15) is 450 Å². The lowest BCUT2D eigenvalue weighted by Gasteiger charge is -2.22. The molecule has 0 radical (unpaired) electrons. The number of carbonyl (C=O) groups is 2. The number of hydrogen-bond donors (Lipinski definition) is 3. The second-order valence-corrected chi connectivity index (χ2v) is 26.7. The van der Waals surface area contributed by atoms with Crippen molar-refractivity contribution in [3.8, 4) is 0 Å². The fourth-order valence-electron chi connectivity index (χ4n) is 12.6. The zero-order valence-electron chi connectivity index (χ0n) is 56.3. The van der Waals surface area contributed by atoms with Crippen LogP contribution < -0.4 is 5.32 Å². The van der Waals surface area contributed by atoms with Gasteiger partial charge in [0.15, 0.2) is 0 Å². The van der Waals surface area contributed by atoms with Gasteiger partial charge in [0, 0.05) is 12.8 Å². The summed E-state index contributed by atoms with van der Waals surface area (Å²) in [6.07, 6.45) is 89.0. The average Bonchev–Trinajstić information content (AvgIpc) is 3.48. The highest BCUT2D eigenvalue weighted by Crippen LogP contribution is 2.20. The first-order valence-corrected chi connectivity index (χ1v) is 38.3. The summed E-state index contributed by atoms with van der Waals surface area (Å²) in [5, 5.41) is 23.4. The van der Waals surface area contributed by atoms with Gasteiger partial charge >= 0.3 is 5.97 Å². The molecule has 0 aliphatic carbocycles. The molecule has 82 heavy (non-hydrogen) atoms. The van der Waals surface area contributed by atoms with Gasteiger partial charge < -0.3 is 20.3 Å². The van der Waals surface area contributed by atoms with Crippen molar-refractivity contribution in [3.05, 3.63) is 0 Å². The molecule has 0 aromatic rings. The Kier molecular flexibility index (Phi) is 71.3. The van der Waals surface area contributed by atoms with E-state index < -0.39 is 12.1 Å². The highest BCUT2D eigenvalue weighted by Gasteiger charge is 2.20. The Bertz CT molecular complexity index is 1200. The number of aliphatic hydroxyl groups excluding tert-OH is 2. The molecule has 2 unspecified atom stereocenters. The SMILES string of the molecule is CCCCCCCCCCCCCCCCCCCC(=O)OCCCCCCCCCCCCCCCCCCCCCCCCCCCCCCCCCCCC(=O)NC(CO)C(O)CCCCCCCCCCCCCCCCC. The third-order valence-electron chi connectivity index (χ3n) is 18.4. The highest BCUT2D eigenvalue weighted by molar-refractivity contribution is 5.76. The van der Waals surface area contributed by atoms with Crippen LogP contribution in [0, 0.1) is 0 Å². The van der Waals surface area contributed by atoms with Gasteiger partial charge in [-0.05, 0) is 25.7 Å². The van der Waals surface area contributed by atoms with E-state index >= 15 is 0 Å². The lowest BCUT2D eigenvalue weighted by Crippen LogP contribution is -2.45. The maximum atomic E-state index is 12.5. The van der Waals surface area contributed by atoms with Crippen molar-refractivity contribution in [2.24, 2.45) is 0 Å². The zero-order valence-corrected chi connectivity index (χ0v) is 56.3. The van der Waals surface area contributed by atoms with Crippen molar-refractivity contribution < 1.29 is 24.5 Å². The maximum Gasteiger partial charge on any atom is 0.305 e. The Morgan fingerprint density at radius 3 is 0.744 bits per heavy atom. The molecule has 490 valence electrons. The monoisotopic (exact) mass is 1160 g/mol. The first-order chi connectivity index (χ1) is 40.5. The molecule has 0 heterocycles. The highest BCUT2D eigenvalue weighted by atomic mass is 16.5. The topological polar surface area (TPSA) is 95.9 Å². The van der Waals surface area contributed by atoms with Gasteiger partial charge in [0.2, 0.25) is 5.91 Å². The van der Waals surface area contributed by atoms with E-state index in [1.807, 2.05) is 0 Å². The fraction of sp³-hybridized carbons (Fsp3) is 0.974. The lowest BCUT2D eigenvalue weighted by molar-refractivity contribution is -0.143. The molecule has 0 aliphatic rings. The number of nitrogens with one attached hydrogen (secondary N) is 1. The number of carbonyl (C=O) groups excluding carboxylic acids is 2. The summed E-state index contributed by atoms with van der Waals surface area (Å²) in [5.41, 5.74) is 0. The first-order valence-electron chi connectivity index (χ1n) is 38.3. The minimum atomic E-state index is -0.660. The molecule has 0 saturated carbocycles. The lowest BCUT2D eigenvalue weighted by atomic mass is 10.0. The Balaban J connectivity index is 3.29. The summed E-state index contributed by atoms with van der Waals surface area (Å²) < 4.78 is 5.52. The van der Waals surface area contributed by atoms with Gasteiger partial charge in [0.05, 0.1) is 25.4 Å². The Morgan fingerprint density at radius 1 is 0.293 bits per heavy atom. The van der Waals surface area contributed by atoms with Crippen molar-refractivity contribution in [2.75, 3.05) is 13.2 Å². The first kappa shape index (κ1) is 80.9. The molecule has 3 N–H and O–H groups in total. The summed E-state index contributed by atoms with van der Waals surface area (Å²) in [6.45, 7) is 5.01. The fourth-order valence-corrected chi connectivity index (χ4v) is 12.6. The van der Waals surface area contributed by atoms with Crippen molar-refractivity contribution in [2.45, 2.75) is 463 Å². The summed E-state index contributed by atoms with van der Waals surface area (Å²) in [5.74, 6) is 0.00102. The number of rotatable bonds is 73. The van der Waals surface area contributed by atoms with Gasteiger partial charge in [-0.1, -0.05) is 412 Å². The molecule has 0 bridgehead atoms. The smallest absolute Gasteiger partial charge is 0.305 e. The average molecular weight is 1160 g/mol. The Morgan fingerprint density at radius 2 is 0.500 bits per heavy atom. The largest absolute Gasteiger partial charge is 0.466 e. The second kappa shape index (κ2) is 72.3. The third-order valence-corrected chi connectivity index (χ3v) is 18.4. The van der Waals surface area contributed by atoms with Crippen LogP contribution in [0.15, 0.2) is 0 Å². The van der Waals surface area contributed by atoms with Crippen LogP contribution in [0.5, 0.6) is 0 Å². The van der Waals surface area contributed by atoms with E-state index in [-0.39, 0.29) is 18.5 Å². The molecule has 2 atom stereocenters. The number of unbranched alkanes of at least 4 members (excludes halogenated alkanes) is 62. The second-order valence-electron chi connectivity index (χ2n) is 26.7. The summed E-state index contributed by atoms with van der Waals surface area (Å²) in [6, 6.07) is -0.536. The molecule has 0 aromatic carbocycles. The van der Waals surface area contributed by atoms with Crippen LogP contribution in [0.4, 0.5) is 0 Å². The number of amides is 1. The summed E-state index contributed by atoms with van der Waals surface area (Å²) in [4.78, 5) is 24.6. The van der Waals surface area contributed by atoms with Gasteiger partial charge in [-0.25, -0.2) is 0 Å². The zero-order chi connectivity index (χ0) is 59.2. The van der Waals surface area contributed by atoms with Crippen LogP contribution in [-0.4, -0.2) is 47.4 Å². The Labute approximate surface area is 515 Å². The maximum absolute atomic E-state index is 12.5. The van der Waals surface area contributed by atoms with E-state index in [4.69, 9.17) is 4.74 Å². The van der Waals surface area contributed by atoms with Gasteiger partial charge in [0.1, 0.15) is 0 Å². The van der Waals surface area contributed by atoms with Crippen molar-refractivity contribution in [1.29, 1.82) is 0 Å². The minimum absolute atomic E-state index is 0.0260. The number of ether oxygens (including phenoxy) is 1. The van der Waals surface area contributed by atoms with Crippen LogP contribution in [0.2, 0.25) is 0 Å². The quantitative estimate of drug-likeness (QED) is 0.0417. The van der Waals surface area contributed by atoms with E-state index in [9.17, 15) is 19.8 Å². The molecule has 1 amide bonds. The number of aliphatic hydroxyl groups is 2. The molecule has 6 heteroatoms. The van der Waals surface area contributed by atoms with Crippen LogP contribution in [-0.2, 0) is 14.3 Å². The molecular weight excluding hydrogens is 1010 g/mol. The standard InChI is InChI=1S/C76H151NO5/c1-3-5-7-9-11-13-15-17-19-37-42-46-50-54-58-62-66-70-76(81)82-71-67-63-59-55-51-47-43-39-36-34-32-30-28-26-24-22-20-21-23-25-27-29-31-33-35-38-41-45-49-53-57-61-65-69-75(80)77-73(72-78)74(79)68-64-60-56-52-48-44-40-18-16-14-12-10-8-6-4-2/h73-74,78-79H,3-72H2,1-2H3,(H,77,80). The van der Waals surface area contributed by atoms with E-state index in [0.29, 0.717) is 25.9 Å². The predicted octanol–water partition coefficient (Wildman–Crippen LogP) is 24.9. The third kappa shape index (κ3) is 68.0. The van der Waals surface area contributed by atoms with Crippen LogP contribution in [0.25, 0.3) is 0 Å². The molecule has 6 nitrogen and oxygen atoms in total. The number of esters is 1. The molecule has 0 rings (SSSR count). The van der Waals surface area contributed by atoms with Gasteiger partial charge in [-0.15, -0.1) is 0 Å². The molecule has 0 saturated heterocycles. The van der Waals surface area contributed by atoms with Gasteiger partial charge in [-0.2, -0.15) is 0 Å². The van der Waals surface area contributed by atoms with Crippen molar-refractivity contribution in [3.63, 3.8) is 0 Å². The van der Waals surface area contributed by atoms with E-state index in [1.165, 1.54) is 379 Å². The van der Waals surface area contributed by atoms with Crippen molar-refractivity contribution in [1.82, 2.24) is 5.32 Å². The Hall–Kier alpha value is -1.14. The van der Waals surface area contributed by atoms with E-state index in [2.05, 4.69) is 19.2 Å². The van der Waals surface area contributed by atoms with Crippen LogP contribution >= 0.6 is 0 Å². The van der Waals surface area contributed by atoms with Gasteiger partial charge in [0.25, 0.3) is 0 Å². The number of hydrogen-bond acceptors (Lipinski definition) is 5. The van der Waals surface area contributed by atoms with E-state index in [0.717, 1.165) is 38.5 Å². The van der Waals surface area contributed by atoms with Crippen molar-refractivity contribution >= 4 is 11.9 Å². The molecule has 0 fully saturated rings. The van der Waals surface area contributed by atoms with Gasteiger partial charge in [-0.3, -0.25) is 9.59 Å². The molecular formula is C76H151NO5. The van der Waals surface area contributed by atoms with E-state index in [1.54, 1.807) is 0 Å². The minimum Gasteiger partial charge on any atom is -0.466 e. The summed E-state index contributed by atoms with van der Waals surface area (Å²) in [7, 11) is 0. The molecule has 0 spiro atoms. The predicted molar refractivity (Wildman–Crippen MR) is 361 cm³/mol. The molecule has 0 aliphatic heterocycles. The summed E-state index contributed by atoms with van der Waals surface area (Å²) >= 11 is 0.